The molecule has 2 aromatic carbocycles. The molecule has 116 valence electrons. The summed E-state index contributed by atoms with van der Waals surface area (Å²) in [6, 6.07) is 12.0. The van der Waals surface area contributed by atoms with Gasteiger partial charge in [-0.15, -0.1) is 0 Å². The molecule has 0 bridgehead atoms. The lowest BCUT2D eigenvalue weighted by molar-refractivity contribution is 0.286. The van der Waals surface area contributed by atoms with Crippen LogP contribution in [0.4, 0.5) is 5.69 Å². The predicted octanol–water partition coefficient (Wildman–Crippen LogP) is 5.31. The first kappa shape index (κ1) is 16.6. The van der Waals surface area contributed by atoms with Crippen molar-refractivity contribution in [3.63, 3.8) is 0 Å². The van der Waals surface area contributed by atoms with E-state index in [1.165, 1.54) is 0 Å². The van der Waals surface area contributed by atoms with Gasteiger partial charge in [0, 0.05) is 6.21 Å². The number of rotatable bonds is 6. The molecule has 0 unspecified atom stereocenters. The highest BCUT2D eigenvalue weighted by atomic mass is 79.9. The molecule has 22 heavy (non-hydrogen) atoms. The normalized spacial score (nSPS) is 10.9. The Kier molecular flexibility index (Phi) is 6.01. The Morgan fingerprint density at radius 3 is 2.50 bits per heavy atom. The fraction of sp³-hybridized carbons (Fsp3) is 0.278. The van der Waals surface area contributed by atoms with Crippen molar-refractivity contribution in [3.05, 3.63) is 52.0 Å². The molecule has 0 N–H and O–H groups in total. The molecule has 0 atom stereocenters. The van der Waals surface area contributed by atoms with Crippen molar-refractivity contribution in [2.75, 3.05) is 13.2 Å². The molecule has 0 saturated heterocycles. The van der Waals surface area contributed by atoms with Crippen LogP contribution in [0, 0.1) is 6.92 Å². The van der Waals surface area contributed by atoms with Crippen LogP contribution in [-0.2, 0) is 0 Å². The summed E-state index contributed by atoms with van der Waals surface area (Å²) < 4.78 is 12.2. The van der Waals surface area contributed by atoms with Crippen LogP contribution in [0.2, 0.25) is 0 Å². The van der Waals surface area contributed by atoms with Crippen LogP contribution in [0.1, 0.15) is 25.0 Å². The molecular formula is C18H20BrNO2. The lowest BCUT2D eigenvalue weighted by Crippen LogP contribution is -2.00. The molecule has 0 radical (unpaired) electrons. The topological polar surface area (TPSA) is 30.8 Å². The van der Waals surface area contributed by atoms with Gasteiger partial charge in [0.2, 0.25) is 0 Å². The van der Waals surface area contributed by atoms with Gasteiger partial charge in [0.05, 0.1) is 23.4 Å². The van der Waals surface area contributed by atoms with Crippen LogP contribution in [0.15, 0.2) is 45.9 Å². The van der Waals surface area contributed by atoms with Gasteiger partial charge in [0.15, 0.2) is 11.5 Å². The lowest BCUT2D eigenvalue weighted by Gasteiger charge is -2.13. The standard InChI is InChI=1S/C18H20BrNO2/c1-4-21-17-11-14(10-15(19)18(17)22-5-2)12-20-16-9-7-6-8-13(16)3/h6-12H,4-5H2,1-3H3. The van der Waals surface area contributed by atoms with E-state index in [0.717, 1.165) is 32.8 Å². The van der Waals surface area contributed by atoms with Crippen LogP contribution >= 0.6 is 15.9 Å². The minimum atomic E-state index is 0.588. The smallest absolute Gasteiger partial charge is 0.175 e. The van der Waals surface area contributed by atoms with Crippen molar-refractivity contribution in [1.29, 1.82) is 0 Å². The highest BCUT2D eigenvalue weighted by molar-refractivity contribution is 9.10. The SMILES string of the molecule is CCOc1cc(C=Nc2ccccc2C)cc(Br)c1OCC. The van der Waals surface area contributed by atoms with E-state index in [1.807, 2.05) is 63.4 Å². The van der Waals surface area contributed by atoms with Gasteiger partial charge in [-0.3, -0.25) is 4.99 Å². The van der Waals surface area contributed by atoms with Gasteiger partial charge in [-0.2, -0.15) is 0 Å². The Morgan fingerprint density at radius 2 is 1.82 bits per heavy atom. The molecule has 4 heteroatoms. The average Bonchev–Trinajstić information content (AvgIpc) is 2.50. The summed E-state index contributed by atoms with van der Waals surface area (Å²) in [6.45, 7) is 7.14. The molecular weight excluding hydrogens is 342 g/mol. The van der Waals surface area contributed by atoms with E-state index in [0.29, 0.717) is 13.2 Å². The number of ether oxygens (including phenoxy) is 2. The van der Waals surface area contributed by atoms with Crippen LogP contribution in [-0.4, -0.2) is 19.4 Å². The highest BCUT2D eigenvalue weighted by Crippen LogP contribution is 2.36. The second kappa shape index (κ2) is 7.99. The van der Waals surface area contributed by atoms with Crippen LogP contribution in [0.3, 0.4) is 0 Å². The summed E-state index contributed by atoms with van der Waals surface area (Å²) in [6.07, 6.45) is 1.84. The maximum atomic E-state index is 5.67. The molecule has 0 aliphatic heterocycles. The van der Waals surface area contributed by atoms with Gasteiger partial charge in [0.1, 0.15) is 0 Å². The first-order chi connectivity index (χ1) is 10.7. The Labute approximate surface area is 140 Å². The zero-order valence-electron chi connectivity index (χ0n) is 13.1. The number of aliphatic imine (C=N–C) groups is 1. The third-order valence-electron chi connectivity index (χ3n) is 3.09. The number of benzene rings is 2. The third-order valence-corrected chi connectivity index (χ3v) is 3.68. The van der Waals surface area contributed by atoms with E-state index in [2.05, 4.69) is 20.9 Å². The zero-order valence-corrected chi connectivity index (χ0v) is 14.7. The maximum Gasteiger partial charge on any atom is 0.175 e. The van der Waals surface area contributed by atoms with E-state index >= 15 is 0 Å². The monoisotopic (exact) mass is 361 g/mol. The Bertz CT molecular complexity index is 668. The van der Waals surface area contributed by atoms with Crippen molar-refractivity contribution in [2.24, 2.45) is 4.99 Å². The molecule has 2 rings (SSSR count). The van der Waals surface area contributed by atoms with E-state index in [1.54, 1.807) is 0 Å². The minimum absolute atomic E-state index is 0.588. The summed E-state index contributed by atoms with van der Waals surface area (Å²) in [4.78, 5) is 4.55. The van der Waals surface area contributed by atoms with Gasteiger partial charge in [-0.05, 0) is 66.0 Å². The second-order valence-corrected chi connectivity index (χ2v) is 5.60. The number of aryl methyl sites for hydroxylation is 1. The van der Waals surface area contributed by atoms with Gasteiger partial charge >= 0.3 is 0 Å². The Hall–Kier alpha value is -1.81. The summed E-state index contributed by atoms with van der Waals surface area (Å²) in [5, 5.41) is 0. The molecule has 0 amide bonds. The number of hydrogen-bond acceptors (Lipinski definition) is 3. The van der Waals surface area contributed by atoms with Gasteiger partial charge in [-0.25, -0.2) is 0 Å². The van der Waals surface area contributed by atoms with E-state index < -0.39 is 0 Å². The molecule has 0 saturated carbocycles. The fourth-order valence-corrected chi connectivity index (χ4v) is 2.64. The molecule has 0 spiro atoms. The quantitative estimate of drug-likeness (QED) is 0.653. The van der Waals surface area contributed by atoms with Crippen molar-refractivity contribution < 1.29 is 9.47 Å². The summed E-state index contributed by atoms with van der Waals surface area (Å²) in [7, 11) is 0. The third kappa shape index (κ3) is 4.10. The van der Waals surface area contributed by atoms with Crippen molar-refractivity contribution in [2.45, 2.75) is 20.8 Å². The molecule has 0 fully saturated rings. The van der Waals surface area contributed by atoms with E-state index in [9.17, 15) is 0 Å². The average molecular weight is 362 g/mol. The second-order valence-electron chi connectivity index (χ2n) is 4.74. The number of halogens is 1. The van der Waals surface area contributed by atoms with Crippen LogP contribution in [0.25, 0.3) is 0 Å². The number of nitrogens with zero attached hydrogens (tertiary/aromatic N) is 1. The van der Waals surface area contributed by atoms with Gasteiger partial charge in [-0.1, -0.05) is 18.2 Å². The summed E-state index contributed by atoms with van der Waals surface area (Å²) in [5.74, 6) is 1.46. The van der Waals surface area contributed by atoms with Crippen molar-refractivity contribution >= 4 is 27.8 Å². The van der Waals surface area contributed by atoms with Crippen molar-refractivity contribution in [3.8, 4) is 11.5 Å². The lowest BCUT2D eigenvalue weighted by atomic mass is 10.2. The molecule has 0 aromatic heterocycles. The summed E-state index contributed by atoms with van der Waals surface area (Å²) >= 11 is 3.54. The first-order valence-electron chi connectivity index (χ1n) is 7.34. The molecule has 3 nitrogen and oxygen atoms in total. The number of para-hydroxylation sites is 1. The fourth-order valence-electron chi connectivity index (χ4n) is 2.06. The predicted molar refractivity (Wildman–Crippen MR) is 94.9 cm³/mol. The highest BCUT2D eigenvalue weighted by Gasteiger charge is 2.11. The molecule has 0 aliphatic rings. The van der Waals surface area contributed by atoms with Gasteiger partial charge in [0.25, 0.3) is 0 Å². The van der Waals surface area contributed by atoms with Crippen LogP contribution < -0.4 is 9.47 Å². The van der Waals surface area contributed by atoms with E-state index in [-0.39, 0.29) is 0 Å². The molecule has 0 heterocycles. The maximum absolute atomic E-state index is 5.67. The van der Waals surface area contributed by atoms with E-state index in [4.69, 9.17) is 9.47 Å². The first-order valence-corrected chi connectivity index (χ1v) is 8.13. The van der Waals surface area contributed by atoms with Crippen LogP contribution in [0.5, 0.6) is 11.5 Å². The Morgan fingerprint density at radius 1 is 1.09 bits per heavy atom. The minimum Gasteiger partial charge on any atom is -0.490 e. The molecule has 2 aromatic rings. The summed E-state index contributed by atoms with van der Waals surface area (Å²) in [5.41, 5.74) is 3.07. The molecule has 0 aliphatic carbocycles. The van der Waals surface area contributed by atoms with Gasteiger partial charge < -0.3 is 9.47 Å². The van der Waals surface area contributed by atoms with Crippen molar-refractivity contribution in [1.82, 2.24) is 0 Å². The zero-order chi connectivity index (χ0) is 15.9. The number of hydrogen-bond donors (Lipinski definition) is 0. The largest absolute Gasteiger partial charge is 0.490 e. The Balaban J connectivity index is 2.34.